The molecule has 3 N–H and O–H groups in total. The van der Waals surface area contributed by atoms with Crippen molar-refractivity contribution in [3.05, 3.63) is 0 Å². The molecule has 1 aliphatic rings. The van der Waals surface area contributed by atoms with Crippen LogP contribution in [0.1, 0.15) is 59.3 Å². The average molecular weight is 270 g/mol. The number of amides is 2. The average Bonchev–Trinajstić information content (AvgIpc) is 2.30. The van der Waals surface area contributed by atoms with Crippen LogP contribution in [0.4, 0.5) is 4.79 Å². The fourth-order valence-electron chi connectivity index (χ4n) is 2.66. The van der Waals surface area contributed by atoms with Gasteiger partial charge in [0.15, 0.2) is 0 Å². The molecule has 5 heteroatoms. The fourth-order valence-corrected chi connectivity index (χ4v) is 2.66. The summed E-state index contributed by atoms with van der Waals surface area (Å²) >= 11 is 0. The Kier molecular flexibility index (Phi) is 5.63. The molecule has 0 radical (unpaired) electrons. The smallest absolute Gasteiger partial charge is 0.315 e. The Morgan fingerprint density at radius 2 is 2.05 bits per heavy atom. The molecule has 1 fully saturated rings. The summed E-state index contributed by atoms with van der Waals surface area (Å²) in [7, 11) is 0. The monoisotopic (exact) mass is 270 g/mol. The first-order chi connectivity index (χ1) is 8.85. The number of aliphatic carboxylic acids is 1. The first-order valence-corrected chi connectivity index (χ1v) is 7.14. The van der Waals surface area contributed by atoms with Crippen molar-refractivity contribution in [2.24, 2.45) is 5.41 Å². The van der Waals surface area contributed by atoms with Gasteiger partial charge in [-0.15, -0.1) is 0 Å². The Morgan fingerprint density at radius 3 is 2.58 bits per heavy atom. The molecule has 0 saturated heterocycles. The van der Waals surface area contributed by atoms with Crippen molar-refractivity contribution in [3.8, 4) is 0 Å². The van der Waals surface area contributed by atoms with Crippen molar-refractivity contribution in [2.75, 3.05) is 0 Å². The maximum atomic E-state index is 11.9. The third kappa shape index (κ3) is 5.09. The van der Waals surface area contributed by atoms with E-state index in [4.69, 9.17) is 5.11 Å². The van der Waals surface area contributed by atoms with Gasteiger partial charge >= 0.3 is 12.0 Å². The molecule has 5 nitrogen and oxygen atoms in total. The van der Waals surface area contributed by atoms with Gasteiger partial charge in [-0.1, -0.05) is 33.6 Å². The maximum Gasteiger partial charge on any atom is 0.315 e. The summed E-state index contributed by atoms with van der Waals surface area (Å²) in [5.41, 5.74) is 0.115. The van der Waals surface area contributed by atoms with Crippen LogP contribution in [0.2, 0.25) is 0 Å². The van der Waals surface area contributed by atoms with Crippen LogP contribution in [0.15, 0.2) is 0 Å². The van der Waals surface area contributed by atoms with E-state index >= 15 is 0 Å². The van der Waals surface area contributed by atoms with Gasteiger partial charge in [0.25, 0.3) is 0 Å². The lowest BCUT2D eigenvalue weighted by atomic mass is 9.73. The van der Waals surface area contributed by atoms with Crippen molar-refractivity contribution in [1.29, 1.82) is 0 Å². The lowest BCUT2D eigenvalue weighted by Crippen LogP contribution is -2.52. The largest absolute Gasteiger partial charge is 0.481 e. The number of carboxylic acid groups (broad SMARTS) is 1. The van der Waals surface area contributed by atoms with E-state index < -0.39 is 5.97 Å². The molecule has 0 aromatic heterocycles. The van der Waals surface area contributed by atoms with E-state index in [2.05, 4.69) is 24.5 Å². The van der Waals surface area contributed by atoms with Crippen molar-refractivity contribution < 1.29 is 14.7 Å². The van der Waals surface area contributed by atoms with Gasteiger partial charge in [0.1, 0.15) is 0 Å². The minimum Gasteiger partial charge on any atom is -0.481 e. The van der Waals surface area contributed by atoms with Crippen LogP contribution in [0.3, 0.4) is 0 Å². The number of hydrogen-bond acceptors (Lipinski definition) is 2. The first-order valence-electron chi connectivity index (χ1n) is 7.14. The van der Waals surface area contributed by atoms with Crippen molar-refractivity contribution in [1.82, 2.24) is 10.6 Å². The molecule has 0 aromatic rings. The van der Waals surface area contributed by atoms with Gasteiger partial charge in [0, 0.05) is 12.1 Å². The number of carbonyl (C=O) groups is 2. The minimum absolute atomic E-state index is 0.0298. The predicted molar refractivity (Wildman–Crippen MR) is 74.0 cm³/mol. The van der Waals surface area contributed by atoms with Crippen LogP contribution in [0, 0.1) is 5.41 Å². The Bertz CT molecular complexity index is 329. The maximum absolute atomic E-state index is 11.9. The van der Waals surface area contributed by atoms with Crippen LogP contribution < -0.4 is 10.6 Å². The van der Waals surface area contributed by atoms with Crippen LogP contribution in [0.25, 0.3) is 0 Å². The number of carboxylic acids is 1. The van der Waals surface area contributed by atoms with Gasteiger partial charge in [-0.25, -0.2) is 4.79 Å². The van der Waals surface area contributed by atoms with Gasteiger partial charge < -0.3 is 15.7 Å². The first kappa shape index (κ1) is 15.8. The van der Waals surface area contributed by atoms with E-state index in [9.17, 15) is 9.59 Å². The number of hydrogen-bond donors (Lipinski definition) is 3. The second-order valence-electron chi connectivity index (χ2n) is 6.11. The van der Waals surface area contributed by atoms with Crippen molar-refractivity contribution in [2.45, 2.75) is 71.4 Å². The highest BCUT2D eigenvalue weighted by Gasteiger charge is 2.33. The van der Waals surface area contributed by atoms with E-state index in [0.29, 0.717) is 6.42 Å². The lowest BCUT2D eigenvalue weighted by molar-refractivity contribution is -0.137. The number of carbonyl (C=O) groups excluding carboxylic acids is 1. The van der Waals surface area contributed by atoms with Gasteiger partial charge in [-0.05, 0) is 24.7 Å². The van der Waals surface area contributed by atoms with E-state index in [1.165, 1.54) is 6.42 Å². The molecule has 19 heavy (non-hydrogen) atoms. The third-order valence-corrected chi connectivity index (χ3v) is 4.06. The van der Waals surface area contributed by atoms with Crippen molar-refractivity contribution >= 4 is 12.0 Å². The van der Waals surface area contributed by atoms with Gasteiger partial charge in [-0.3, -0.25) is 4.79 Å². The number of rotatable bonds is 5. The number of urea groups is 1. The topological polar surface area (TPSA) is 78.4 Å². The molecule has 110 valence electrons. The Hall–Kier alpha value is -1.26. The highest BCUT2D eigenvalue weighted by molar-refractivity contribution is 5.76. The van der Waals surface area contributed by atoms with E-state index in [-0.39, 0.29) is 30.0 Å². The van der Waals surface area contributed by atoms with E-state index in [1.807, 2.05) is 6.92 Å². The second kappa shape index (κ2) is 6.78. The summed E-state index contributed by atoms with van der Waals surface area (Å²) in [4.78, 5) is 22.6. The predicted octanol–water partition coefficient (Wildman–Crippen LogP) is 2.51. The molecule has 0 spiro atoms. The summed E-state index contributed by atoms with van der Waals surface area (Å²) in [5.74, 6) is -0.884. The molecule has 2 atom stereocenters. The Morgan fingerprint density at radius 1 is 1.37 bits per heavy atom. The van der Waals surface area contributed by atoms with Gasteiger partial charge in [-0.2, -0.15) is 0 Å². The minimum atomic E-state index is -0.884. The number of nitrogens with one attached hydrogen (secondary N) is 2. The second-order valence-corrected chi connectivity index (χ2v) is 6.11. The summed E-state index contributed by atoms with van der Waals surface area (Å²) in [6.45, 7) is 6.22. The summed E-state index contributed by atoms with van der Waals surface area (Å²) in [6, 6.07) is -0.374. The molecule has 2 unspecified atom stereocenters. The Labute approximate surface area is 115 Å². The molecule has 1 saturated carbocycles. The standard InChI is InChI=1S/C14H26N2O3/c1-4-10(9-12(17)18)15-13(19)16-11-7-5-6-8-14(11,2)3/h10-11H,4-9H2,1-3H3,(H,17,18)(H2,15,16,19). The van der Waals surface area contributed by atoms with E-state index in [0.717, 1.165) is 19.3 Å². The summed E-state index contributed by atoms with van der Waals surface area (Å²) in [6.07, 6.45) is 5.05. The third-order valence-electron chi connectivity index (χ3n) is 4.06. The molecule has 1 aliphatic carbocycles. The zero-order valence-electron chi connectivity index (χ0n) is 12.2. The lowest BCUT2D eigenvalue weighted by Gasteiger charge is -2.39. The Balaban J connectivity index is 2.47. The molecule has 1 rings (SSSR count). The summed E-state index contributed by atoms with van der Waals surface area (Å²) in [5, 5.41) is 14.5. The quantitative estimate of drug-likeness (QED) is 0.718. The normalized spacial score (nSPS) is 23.4. The highest BCUT2D eigenvalue weighted by Crippen LogP contribution is 2.35. The van der Waals surface area contributed by atoms with Crippen LogP contribution in [-0.4, -0.2) is 29.2 Å². The molecule has 0 aromatic carbocycles. The molecule has 0 bridgehead atoms. The molecule has 0 aliphatic heterocycles. The molecule has 2 amide bonds. The van der Waals surface area contributed by atoms with E-state index in [1.54, 1.807) is 0 Å². The van der Waals surface area contributed by atoms with Gasteiger partial charge in [0.2, 0.25) is 0 Å². The molecular formula is C14H26N2O3. The molecular weight excluding hydrogens is 244 g/mol. The highest BCUT2D eigenvalue weighted by atomic mass is 16.4. The molecule has 0 heterocycles. The summed E-state index contributed by atoms with van der Waals surface area (Å²) < 4.78 is 0. The van der Waals surface area contributed by atoms with Gasteiger partial charge in [0.05, 0.1) is 6.42 Å². The SMILES string of the molecule is CCC(CC(=O)O)NC(=O)NC1CCCCC1(C)C. The fraction of sp³-hybridized carbons (Fsp3) is 0.857. The van der Waals surface area contributed by atoms with Crippen molar-refractivity contribution in [3.63, 3.8) is 0 Å². The van der Waals surface area contributed by atoms with Crippen LogP contribution in [-0.2, 0) is 4.79 Å². The van der Waals surface area contributed by atoms with Crippen LogP contribution >= 0.6 is 0 Å². The zero-order valence-corrected chi connectivity index (χ0v) is 12.2. The van der Waals surface area contributed by atoms with Crippen LogP contribution in [0.5, 0.6) is 0 Å². The zero-order chi connectivity index (χ0) is 14.5.